The van der Waals surface area contributed by atoms with Gasteiger partial charge in [0.25, 0.3) is 5.69 Å². The number of hydrogen-bond donors (Lipinski definition) is 1. The summed E-state index contributed by atoms with van der Waals surface area (Å²) in [5, 5.41) is 11.2. The molecule has 0 saturated heterocycles. The van der Waals surface area contributed by atoms with Crippen molar-refractivity contribution in [2.45, 2.75) is 6.61 Å². The van der Waals surface area contributed by atoms with E-state index in [1.165, 1.54) is 25.3 Å². The molecular formula is C13H12ClN3O4. The van der Waals surface area contributed by atoms with Crippen molar-refractivity contribution in [1.82, 2.24) is 4.98 Å². The summed E-state index contributed by atoms with van der Waals surface area (Å²) < 4.78 is 10.6. The maximum atomic E-state index is 10.8. The number of non-ortho nitro benzene ring substituents is 1. The van der Waals surface area contributed by atoms with Gasteiger partial charge in [0.2, 0.25) is 0 Å². The molecule has 1 aromatic carbocycles. The van der Waals surface area contributed by atoms with Gasteiger partial charge in [0.05, 0.1) is 28.8 Å². The van der Waals surface area contributed by atoms with Gasteiger partial charge in [0.1, 0.15) is 12.4 Å². The number of pyridine rings is 1. The second-order valence-electron chi connectivity index (χ2n) is 4.05. The quantitative estimate of drug-likeness (QED) is 0.673. The highest BCUT2D eigenvalue weighted by Gasteiger charge is 2.13. The Morgan fingerprint density at radius 3 is 2.76 bits per heavy atom. The summed E-state index contributed by atoms with van der Waals surface area (Å²) in [5.74, 6) is 0.914. The number of hydrogen-bond acceptors (Lipinski definition) is 6. The third kappa shape index (κ3) is 3.51. The van der Waals surface area contributed by atoms with Crippen LogP contribution in [0.4, 0.5) is 11.5 Å². The molecule has 0 radical (unpaired) electrons. The Morgan fingerprint density at radius 2 is 2.10 bits per heavy atom. The molecule has 1 heterocycles. The van der Waals surface area contributed by atoms with Crippen molar-refractivity contribution < 1.29 is 14.4 Å². The molecule has 110 valence electrons. The number of nitro groups is 1. The molecular weight excluding hydrogens is 298 g/mol. The Morgan fingerprint density at radius 1 is 1.33 bits per heavy atom. The van der Waals surface area contributed by atoms with Gasteiger partial charge in [0, 0.05) is 6.07 Å². The minimum absolute atomic E-state index is 0.0153. The predicted molar refractivity (Wildman–Crippen MR) is 77.6 cm³/mol. The Labute approximate surface area is 125 Å². The minimum Gasteiger partial charge on any atom is -0.493 e. The lowest BCUT2D eigenvalue weighted by Gasteiger charge is -2.11. The van der Waals surface area contributed by atoms with E-state index >= 15 is 0 Å². The van der Waals surface area contributed by atoms with E-state index in [4.69, 9.17) is 26.8 Å². The van der Waals surface area contributed by atoms with Gasteiger partial charge in [0.15, 0.2) is 11.5 Å². The van der Waals surface area contributed by atoms with E-state index in [2.05, 4.69) is 4.98 Å². The molecule has 0 amide bonds. The summed E-state index contributed by atoms with van der Waals surface area (Å²) in [5.41, 5.74) is 5.91. The van der Waals surface area contributed by atoms with E-state index in [0.717, 1.165) is 0 Å². The number of halogens is 1. The van der Waals surface area contributed by atoms with Crippen molar-refractivity contribution in [2.24, 2.45) is 0 Å². The summed E-state index contributed by atoms with van der Waals surface area (Å²) in [6.45, 7) is 0.0153. The Bertz CT molecular complexity index is 678. The minimum atomic E-state index is -0.516. The van der Waals surface area contributed by atoms with E-state index in [1.807, 2.05) is 0 Å². The van der Waals surface area contributed by atoms with Gasteiger partial charge >= 0.3 is 0 Å². The second kappa shape index (κ2) is 6.27. The molecule has 21 heavy (non-hydrogen) atoms. The molecule has 2 rings (SSSR count). The van der Waals surface area contributed by atoms with Gasteiger partial charge in [-0.15, -0.1) is 0 Å². The first-order valence-corrected chi connectivity index (χ1v) is 6.25. The maximum absolute atomic E-state index is 10.8. The zero-order chi connectivity index (χ0) is 15.4. The van der Waals surface area contributed by atoms with Crippen LogP contribution in [0.25, 0.3) is 0 Å². The van der Waals surface area contributed by atoms with Gasteiger partial charge in [-0.2, -0.15) is 0 Å². The third-order valence-corrected chi connectivity index (χ3v) is 3.01. The molecule has 0 unspecified atom stereocenters. The molecule has 2 aromatic rings. The van der Waals surface area contributed by atoms with Crippen LogP contribution in [0.15, 0.2) is 30.3 Å². The first-order chi connectivity index (χ1) is 10.0. The van der Waals surface area contributed by atoms with Crippen LogP contribution < -0.4 is 15.2 Å². The fourth-order valence-electron chi connectivity index (χ4n) is 1.64. The molecule has 0 aliphatic rings. The summed E-state index contributed by atoms with van der Waals surface area (Å²) in [4.78, 5) is 14.3. The highest BCUT2D eigenvalue weighted by Crippen LogP contribution is 2.32. The van der Waals surface area contributed by atoms with Crippen LogP contribution in [0.5, 0.6) is 11.5 Å². The average molecular weight is 310 g/mol. The number of nitrogen functional groups attached to an aromatic ring is 1. The number of aromatic nitrogens is 1. The van der Waals surface area contributed by atoms with Crippen molar-refractivity contribution in [3.63, 3.8) is 0 Å². The lowest BCUT2D eigenvalue weighted by Crippen LogP contribution is -2.03. The van der Waals surface area contributed by atoms with Crippen molar-refractivity contribution >= 4 is 23.1 Å². The zero-order valence-electron chi connectivity index (χ0n) is 11.1. The Hall–Kier alpha value is -2.54. The normalized spacial score (nSPS) is 10.2. The van der Waals surface area contributed by atoms with Gasteiger partial charge in [-0.1, -0.05) is 11.6 Å². The highest BCUT2D eigenvalue weighted by atomic mass is 35.5. The van der Waals surface area contributed by atoms with E-state index in [-0.39, 0.29) is 18.0 Å². The lowest BCUT2D eigenvalue weighted by atomic mass is 10.3. The monoisotopic (exact) mass is 309 g/mol. The number of methoxy groups -OCH3 is 1. The van der Waals surface area contributed by atoms with Crippen molar-refractivity contribution in [3.8, 4) is 11.5 Å². The third-order valence-electron chi connectivity index (χ3n) is 2.66. The first-order valence-electron chi connectivity index (χ1n) is 5.87. The first kappa shape index (κ1) is 14.9. The van der Waals surface area contributed by atoms with E-state index in [0.29, 0.717) is 22.3 Å². The Balaban J connectivity index is 2.24. The fraction of sp³-hybridized carbons (Fsp3) is 0.154. The molecule has 0 spiro atoms. The molecule has 8 heteroatoms. The number of nitro benzene ring substituents is 1. The lowest BCUT2D eigenvalue weighted by molar-refractivity contribution is -0.385. The van der Waals surface area contributed by atoms with Gasteiger partial charge < -0.3 is 15.2 Å². The SMILES string of the molecule is COc1ccc([N+](=O)[O-])cc1OCc1nc(N)ccc1Cl. The summed E-state index contributed by atoms with van der Waals surface area (Å²) in [6.07, 6.45) is 0. The van der Waals surface area contributed by atoms with Crippen LogP contribution in [0, 0.1) is 10.1 Å². The fourth-order valence-corrected chi connectivity index (χ4v) is 1.80. The van der Waals surface area contributed by atoms with Crippen LogP contribution >= 0.6 is 11.6 Å². The van der Waals surface area contributed by atoms with Gasteiger partial charge in [-0.3, -0.25) is 10.1 Å². The van der Waals surface area contributed by atoms with Crippen molar-refractivity contribution in [3.05, 3.63) is 51.2 Å². The molecule has 0 aliphatic carbocycles. The maximum Gasteiger partial charge on any atom is 0.273 e. The molecule has 0 bridgehead atoms. The van der Waals surface area contributed by atoms with Gasteiger partial charge in [-0.25, -0.2) is 4.98 Å². The van der Waals surface area contributed by atoms with Crippen molar-refractivity contribution in [1.29, 1.82) is 0 Å². The van der Waals surface area contributed by atoms with Crippen LogP contribution in [0.1, 0.15) is 5.69 Å². The second-order valence-corrected chi connectivity index (χ2v) is 4.45. The number of rotatable bonds is 5. The smallest absolute Gasteiger partial charge is 0.273 e. The molecule has 0 saturated carbocycles. The predicted octanol–water partition coefficient (Wildman–Crippen LogP) is 2.81. The number of anilines is 1. The van der Waals surface area contributed by atoms with Gasteiger partial charge in [-0.05, 0) is 18.2 Å². The standard InChI is InChI=1S/C13H12ClN3O4/c1-20-11-4-2-8(17(18)19)6-12(11)21-7-10-9(14)3-5-13(15)16-10/h2-6H,7H2,1H3,(H2,15,16). The van der Waals surface area contributed by atoms with E-state index in [9.17, 15) is 10.1 Å². The van der Waals surface area contributed by atoms with Crippen LogP contribution in [0.3, 0.4) is 0 Å². The summed E-state index contributed by atoms with van der Waals surface area (Å²) in [7, 11) is 1.44. The zero-order valence-corrected chi connectivity index (χ0v) is 11.8. The number of ether oxygens (including phenoxy) is 2. The summed E-state index contributed by atoms with van der Waals surface area (Å²) in [6, 6.07) is 7.24. The van der Waals surface area contributed by atoms with E-state index in [1.54, 1.807) is 12.1 Å². The highest BCUT2D eigenvalue weighted by molar-refractivity contribution is 6.31. The average Bonchev–Trinajstić information content (AvgIpc) is 2.47. The molecule has 7 nitrogen and oxygen atoms in total. The van der Waals surface area contributed by atoms with Crippen molar-refractivity contribution in [2.75, 3.05) is 12.8 Å². The molecule has 0 aliphatic heterocycles. The molecule has 2 N–H and O–H groups in total. The topological polar surface area (TPSA) is 101 Å². The Kier molecular flexibility index (Phi) is 4.44. The van der Waals surface area contributed by atoms with Crippen LogP contribution in [-0.4, -0.2) is 17.0 Å². The number of nitrogens with zero attached hydrogens (tertiary/aromatic N) is 2. The van der Waals surface area contributed by atoms with Crippen LogP contribution in [0.2, 0.25) is 5.02 Å². The molecule has 0 atom stereocenters. The van der Waals surface area contributed by atoms with Crippen LogP contribution in [-0.2, 0) is 6.61 Å². The molecule has 1 aromatic heterocycles. The number of nitrogens with two attached hydrogens (primary N) is 1. The summed E-state index contributed by atoms with van der Waals surface area (Å²) >= 11 is 5.98. The van der Waals surface area contributed by atoms with E-state index < -0.39 is 4.92 Å². The largest absolute Gasteiger partial charge is 0.493 e. The molecule has 0 fully saturated rings. The number of benzene rings is 1.